The second kappa shape index (κ2) is 37.2. The van der Waals surface area contributed by atoms with E-state index in [1.807, 2.05) is 24.3 Å². The molecule has 0 bridgehead atoms. The fourth-order valence-corrected chi connectivity index (χ4v) is 11.7. The number of nitrogens with one attached hydrogen (secondary N) is 4. The van der Waals surface area contributed by atoms with Crippen molar-refractivity contribution in [3.8, 4) is 11.8 Å². The van der Waals surface area contributed by atoms with Gasteiger partial charge in [-0.15, -0.1) is 0 Å². The standard InChI is InChI=1S/C63H86F2IN13O13/c1-43(62(91)78-23-19-46(20-24-78)8-4-6-33-92-49-16-17-52-51(34-49)50(18-22-69-52)60(89)70-37-56(82)79-42-63(64,65)35-48(79)36-67)71-61(90)53(10-3-5-21-68-44(2)72-54(80)11-7-9-45-12-14-47(66)15-13-45)73-55(81)38-74-25-27-75(39-57(83)84)29-31-77(41-59(87)88)32-30-76(28-26-74)40-58(85)86/h12-18,22,34,43,46,48,53H,3-11,19-21,23-33,35,37-42H2,1-2H3,(H,70,89)(H,71,90)(H,73,81)(H,83,84)(H,85,86)(H,87,88)(H,68,72,80)/t43-,48+,53-/m0/s1. The minimum atomic E-state index is -3.19. The number of aromatic nitrogens is 1. The van der Waals surface area contributed by atoms with Crippen LogP contribution in [0.2, 0.25) is 0 Å². The van der Waals surface area contributed by atoms with Gasteiger partial charge in [-0.05, 0) is 142 Å². The first-order valence-electron chi connectivity index (χ1n) is 31.3. The average molecular weight is 1400 g/mol. The Hall–Kier alpha value is -7.53. The molecule has 3 aliphatic heterocycles. The van der Waals surface area contributed by atoms with Crippen molar-refractivity contribution in [2.24, 2.45) is 10.9 Å². The van der Waals surface area contributed by atoms with Crippen LogP contribution >= 0.6 is 22.6 Å². The number of fused-ring (bicyclic) bond motifs is 1. The fourth-order valence-electron chi connectivity index (χ4n) is 11.4. The summed E-state index contributed by atoms with van der Waals surface area (Å²) in [6.07, 6.45) is 7.43. The van der Waals surface area contributed by atoms with E-state index in [4.69, 9.17) is 4.74 Å². The molecule has 3 saturated heterocycles. The molecule has 3 fully saturated rings. The highest BCUT2D eigenvalue weighted by Crippen LogP contribution is 2.32. The number of carboxylic acid groups (broad SMARTS) is 3. The molecule has 29 heteroatoms. The van der Waals surface area contributed by atoms with E-state index in [2.05, 4.69) is 53.8 Å². The molecule has 6 rings (SSSR count). The van der Waals surface area contributed by atoms with Crippen LogP contribution in [0.4, 0.5) is 8.78 Å². The summed E-state index contributed by atoms with van der Waals surface area (Å²) in [6.45, 7) is 3.78. The van der Waals surface area contributed by atoms with Gasteiger partial charge in [-0.2, -0.15) is 5.26 Å². The first kappa shape index (κ1) is 73.5. The maximum atomic E-state index is 14.2. The molecular formula is C63H86F2IN13O13. The Morgan fingerprint density at radius 1 is 0.772 bits per heavy atom. The van der Waals surface area contributed by atoms with Gasteiger partial charge in [-0.3, -0.25) is 72.7 Å². The van der Waals surface area contributed by atoms with Crippen LogP contribution in [0.25, 0.3) is 10.9 Å². The molecule has 0 aliphatic carbocycles. The molecular weight excluding hydrogens is 1310 g/mol. The first-order chi connectivity index (χ1) is 43.9. The largest absolute Gasteiger partial charge is 0.494 e. The van der Waals surface area contributed by atoms with E-state index >= 15 is 0 Å². The number of amides is 6. The molecule has 6 amide bonds. The Bertz CT molecular complexity index is 3060. The summed E-state index contributed by atoms with van der Waals surface area (Å²) >= 11 is 2.24. The van der Waals surface area contributed by atoms with Crippen molar-refractivity contribution in [3.05, 3.63) is 69.4 Å². The fraction of sp³-hybridized carbons (Fsp3) is 0.587. The monoisotopic (exact) mass is 1400 g/mol. The average Bonchev–Trinajstić information content (AvgIpc) is 1.25. The van der Waals surface area contributed by atoms with Crippen LogP contribution in [0, 0.1) is 20.8 Å². The van der Waals surface area contributed by atoms with Gasteiger partial charge in [0, 0.05) is 100.0 Å². The third-order valence-electron chi connectivity index (χ3n) is 16.4. The second-order valence-electron chi connectivity index (χ2n) is 23.7. The summed E-state index contributed by atoms with van der Waals surface area (Å²) in [5.41, 5.74) is 1.84. The van der Waals surface area contributed by atoms with E-state index in [1.165, 1.54) is 12.3 Å². The third kappa shape index (κ3) is 25.5. The van der Waals surface area contributed by atoms with E-state index in [9.17, 15) is 72.5 Å². The summed E-state index contributed by atoms with van der Waals surface area (Å²) in [7, 11) is 0. The molecule has 2 aromatic carbocycles. The smallest absolute Gasteiger partial charge is 0.317 e. The van der Waals surface area contributed by atoms with Crippen molar-refractivity contribution >= 4 is 92.7 Å². The minimum Gasteiger partial charge on any atom is -0.494 e. The number of aliphatic imine (C=N–C) groups is 1. The SMILES string of the molecule is CC(=NCCCC[C@H](NC(=O)CN1CCN(CC(=O)O)CCN(CC(=O)O)CCN(CC(=O)O)CC1)C(=O)N[C@@H](C)C(=O)N1CCC(CCCCOc2ccc3nccc(C(=O)NCC(=O)N4CC(F)(F)C[C@@H]4C#N)c3c2)CC1)NC(=O)CCCc1ccc(I)cc1. The van der Waals surface area contributed by atoms with Crippen molar-refractivity contribution in [2.45, 2.75) is 115 Å². The molecule has 3 atom stereocenters. The van der Waals surface area contributed by atoms with Crippen LogP contribution in [0.3, 0.4) is 0 Å². The van der Waals surface area contributed by atoms with Crippen LogP contribution in [0.15, 0.2) is 59.7 Å². The lowest BCUT2D eigenvalue weighted by molar-refractivity contribution is -0.140. The predicted octanol–water partition coefficient (Wildman–Crippen LogP) is 3.31. The number of likely N-dealkylation sites (tertiary alicyclic amines) is 2. The number of pyridine rings is 1. The molecule has 3 aromatic rings. The molecule has 92 heavy (non-hydrogen) atoms. The van der Waals surface area contributed by atoms with Gasteiger partial charge in [0.2, 0.25) is 29.5 Å². The number of carbonyl (C=O) groups excluding carboxylic acids is 6. The molecule has 0 spiro atoms. The second-order valence-corrected chi connectivity index (χ2v) is 24.9. The first-order valence-corrected chi connectivity index (χ1v) is 32.4. The zero-order valence-corrected chi connectivity index (χ0v) is 54.5. The van der Waals surface area contributed by atoms with Gasteiger partial charge in [-0.25, -0.2) is 8.78 Å². The maximum Gasteiger partial charge on any atom is 0.317 e. The van der Waals surface area contributed by atoms with E-state index in [0.29, 0.717) is 86.8 Å². The number of amidine groups is 1. The van der Waals surface area contributed by atoms with Gasteiger partial charge in [-0.1, -0.05) is 18.6 Å². The summed E-state index contributed by atoms with van der Waals surface area (Å²) in [6, 6.07) is 13.1. The lowest BCUT2D eigenvalue weighted by Crippen LogP contribution is -2.55. The van der Waals surface area contributed by atoms with Crippen LogP contribution in [0.5, 0.6) is 5.75 Å². The topological polar surface area (TPSA) is 340 Å². The van der Waals surface area contributed by atoms with E-state index in [1.54, 1.807) is 62.6 Å². The number of hydrogen-bond acceptors (Lipinski definition) is 17. The highest BCUT2D eigenvalue weighted by molar-refractivity contribution is 14.1. The molecule has 0 saturated carbocycles. The number of benzene rings is 2. The Kier molecular flexibility index (Phi) is 29.8. The summed E-state index contributed by atoms with van der Waals surface area (Å²) < 4.78 is 35.1. The Labute approximate surface area is 547 Å². The molecule has 1 aromatic heterocycles. The number of carbonyl (C=O) groups is 9. The van der Waals surface area contributed by atoms with Gasteiger partial charge >= 0.3 is 17.9 Å². The lowest BCUT2D eigenvalue weighted by atomic mass is 9.91. The quantitative estimate of drug-likeness (QED) is 0.0218. The van der Waals surface area contributed by atoms with Gasteiger partial charge in [0.1, 0.15) is 23.9 Å². The molecule has 502 valence electrons. The molecule has 0 radical (unpaired) electrons. The Morgan fingerprint density at radius 2 is 1.38 bits per heavy atom. The number of alkyl halides is 2. The van der Waals surface area contributed by atoms with E-state index < -0.39 is 85.1 Å². The number of ether oxygens (including phenoxy) is 1. The highest BCUT2D eigenvalue weighted by Gasteiger charge is 2.47. The van der Waals surface area contributed by atoms with Crippen LogP contribution in [-0.2, 0) is 44.8 Å². The van der Waals surface area contributed by atoms with Gasteiger partial charge in [0.15, 0.2) is 0 Å². The van der Waals surface area contributed by atoms with Crippen molar-refractivity contribution < 1.29 is 72.0 Å². The molecule has 4 heterocycles. The number of hydrogen-bond donors (Lipinski definition) is 7. The molecule has 3 aliphatic rings. The van der Waals surface area contributed by atoms with Crippen molar-refractivity contribution in [1.82, 2.24) is 55.7 Å². The highest BCUT2D eigenvalue weighted by atomic mass is 127. The number of nitriles is 1. The number of unbranched alkanes of at least 4 members (excludes halogenated alkanes) is 2. The lowest BCUT2D eigenvalue weighted by Gasteiger charge is -2.34. The van der Waals surface area contributed by atoms with Gasteiger partial charge in [0.05, 0.1) is 68.9 Å². The van der Waals surface area contributed by atoms with Crippen LogP contribution < -0.4 is 26.0 Å². The molecule has 7 N–H and O–H groups in total. The maximum absolute atomic E-state index is 14.2. The zero-order valence-electron chi connectivity index (χ0n) is 52.3. The summed E-state index contributed by atoms with van der Waals surface area (Å²) in [5.74, 6) is -8.12. The van der Waals surface area contributed by atoms with Crippen LogP contribution in [0.1, 0.15) is 100 Å². The number of aliphatic carboxylic acids is 3. The third-order valence-corrected chi connectivity index (χ3v) is 17.1. The Balaban J connectivity index is 0.995. The predicted molar refractivity (Wildman–Crippen MR) is 344 cm³/mol. The number of aryl methyl sites for hydroxylation is 1. The number of piperidine rings is 1. The number of carboxylic acids is 3. The van der Waals surface area contributed by atoms with E-state index in [0.717, 1.165) is 46.1 Å². The molecule has 26 nitrogen and oxygen atoms in total. The number of halogens is 3. The van der Waals surface area contributed by atoms with Crippen molar-refractivity contribution in [1.29, 1.82) is 5.26 Å². The summed E-state index contributed by atoms with van der Waals surface area (Å²) in [5, 5.41) is 49.7. The number of rotatable bonds is 30. The van der Waals surface area contributed by atoms with Gasteiger partial charge < -0.3 is 51.1 Å². The molecule has 0 unspecified atom stereocenters. The number of nitrogens with zero attached hydrogens (tertiary/aromatic N) is 9. The van der Waals surface area contributed by atoms with Crippen molar-refractivity contribution in [2.75, 3.05) is 118 Å². The Morgan fingerprint density at radius 3 is 1.98 bits per heavy atom. The minimum absolute atomic E-state index is 0.151. The van der Waals surface area contributed by atoms with E-state index in [-0.39, 0.29) is 102 Å². The normalized spacial score (nSPS) is 18.1. The van der Waals surface area contributed by atoms with Gasteiger partial charge in [0.25, 0.3) is 11.8 Å². The van der Waals surface area contributed by atoms with Crippen molar-refractivity contribution in [3.63, 3.8) is 0 Å². The summed E-state index contributed by atoms with van der Waals surface area (Å²) in [4.78, 5) is 134. The zero-order chi connectivity index (χ0) is 66.7. The van der Waals surface area contributed by atoms with Crippen LogP contribution in [-0.4, -0.2) is 251 Å².